The maximum Gasteiger partial charge on any atom is 0.308 e. The minimum atomic E-state index is -0.836. The molecule has 7 nitrogen and oxygen atoms in total. The summed E-state index contributed by atoms with van der Waals surface area (Å²) >= 11 is 0. The van der Waals surface area contributed by atoms with Crippen molar-refractivity contribution in [1.82, 2.24) is 20.0 Å². The number of fused-ring (bicyclic) bond motifs is 1. The molecule has 0 bridgehead atoms. The second kappa shape index (κ2) is 6.43. The van der Waals surface area contributed by atoms with Crippen molar-refractivity contribution in [3.63, 3.8) is 0 Å². The summed E-state index contributed by atoms with van der Waals surface area (Å²) in [5.41, 5.74) is 1.40. The third-order valence-electron chi connectivity index (χ3n) is 3.55. The van der Waals surface area contributed by atoms with E-state index >= 15 is 0 Å². The Morgan fingerprint density at radius 1 is 1.35 bits per heavy atom. The molecule has 0 aliphatic rings. The van der Waals surface area contributed by atoms with Gasteiger partial charge in [0.05, 0.1) is 19.2 Å². The lowest BCUT2D eigenvalue weighted by molar-refractivity contribution is -0.146. The molecule has 0 fully saturated rings. The van der Waals surface area contributed by atoms with Gasteiger partial charge in [-0.1, -0.05) is 23.4 Å². The van der Waals surface area contributed by atoms with Gasteiger partial charge in [-0.2, -0.15) is 0 Å². The normalized spacial score (nSPS) is 12.2. The number of ketones is 1. The molecule has 0 aliphatic carbocycles. The summed E-state index contributed by atoms with van der Waals surface area (Å²) in [7, 11) is 0. The molecule has 3 aromatic rings. The first kappa shape index (κ1) is 15.0. The predicted molar refractivity (Wildman–Crippen MR) is 82.8 cm³/mol. The molecule has 2 heterocycles. The van der Waals surface area contributed by atoms with Crippen LogP contribution in [0.15, 0.2) is 42.9 Å². The van der Waals surface area contributed by atoms with Crippen LogP contribution in [0.2, 0.25) is 0 Å². The molecule has 0 saturated heterocycles. The molecule has 3 rings (SSSR count). The number of esters is 1. The lowest BCUT2D eigenvalue weighted by Crippen LogP contribution is -2.24. The van der Waals surface area contributed by atoms with Crippen LogP contribution in [0, 0.1) is 0 Å². The highest BCUT2D eigenvalue weighted by Crippen LogP contribution is 2.20. The number of carbonyl (C=O) groups excluding carboxylic acids is 2. The molecule has 0 saturated carbocycles. The lowest BCUT2D eigenvalue weighted by Gasteiger charge is -2.11. The van der Waals surface area contributed by atoms with Crippen molar-refractivity contribution in [1.29, 1.82) is 0 Å². The van der Waals surface area contributed by atoms with Crippen LogP contribution in [-0.4, -0.2) is 37.8 Å². The monoisotopic (exact) mass is 312 g/mol. The van der Waals surface area contributed by atoms with E-state index in [-0.39, 0.29) is 12.2 Å². The van der Waals surface area contributed by atoms with Gasteiger partial charge in [0.15, 0.2) is 6.10 Å². The van der Waals surface area contributed by atoms with Gasteiger partial charge in [0, 0.05) is 28.9 Å². The van der Waals surface area contributed by atoms with E-state index in [1.54, 1.807) is 19.3 Å². The maximum absolute atomic E-state index is 12.5. The minimum absolute atomic E-state index is 0.134. The zero-order valence-electron chi connectivity index (χ0n) is 12.6. The molecule has 0 unspecified atom stereocenters. The summed E-state index contributed by atoms with van der Waals surface area (Å²) in [6.07, 6.45) is 4.14. The van der Waals surface area contributed by atoms with Crippen molar-refractivity contribution < 1.29 is 14.3 Å². The summed E-state index contributed by atoms with van der Waals surface area (Å²) in [6, 6.07) is 7.50. The molecule has 1 atom stereocenters. The third kappa shape index (κ3) is 3.28. The number of aromatic nitrogens is 4. The number of aryl methyl sites for hydroxylation is 1. The molecule has 1 aromatic carbocycles. The summed E-state index contributed by atoms with van der Waals surface area (Å²) in [4.78, 5) is 27.3. The van der Waals surface area contributed by atoms with E-state index in [4.69, 9.17) is 4.74 Å². The average Bonchev–Trinajstić information content (AvgIpc) is 3.21. The van der Waals surface area contributed by atoms with Crippen molar-refractivity contribution in [2.45, 2.75) is 26.0 Å². The Balaban J connectivity index is 1.62. The van der Waals surface area contributed by atoms with E-state index in [0.29, 0.717) is 12.1 Å². The summed E-state index contributed by atoms with van der Waals surface area (Å²) in [5.74, 6) is -0.669. The molecule has 2 aromatic heterocycles. The average molecular weight is 312 g/mol. The van der Waals surface area contributed by atoms with E-state index in [1.165, 1.54) is 10.9 Å². The number of aromatic amines is 1. The van der Waals surface area contributed by atoms with Crippen molar-refractivity contribution in [3.05, 3.63) is 48.4 Å². The first-order valence-corrected chi connectivity index (χ1v) is 7.29. The minimum Gasteiger partial charge on any atom is -0.454 e. The van der Waals surface area contributed by atoms with Crippen molar-refractivity contribution in [2.24, 2.45) is 0 Å². The molecule has 118 valence electrons. The molecule has 0 radical (unpaired) electrons. The van der Waals surface area contributed by atoms with Gasteiger partial charge in [0.1, 0.15) is 0 Å². The van der Waals surface area contributed by atoms with Gasteiger partial charge in [0.2, 0.25) is 5.78 Å². The molecule has 0 aliphatic heterocycles. The number of rotatable bonds is 6. The van der Waals surface area contributed by atoms with Crippen LogP contribution in [0.25, 0.3) is 10.9 Å². The number of Topliss-reactive ketones (excluding diaryl/α,β-unsaturated/α-hetero) is 1. The highest BCUT2D eigenvalue weighted by molar-refractivity contribution is 6.10. The largest absolute Gasteiger partial charge is 0.454 e. The molecule has 1 N–H and O–H groups in total. The van der Waals surface area contributed by atoms with Crippen LogP contribution in [0.5, 0.6) is 0 Å². The standard InChI is InChI=1S/C16H16N4O3/c1-11(23-15(21)6-8-20-9-7-18-19-20)16(22)13-10-17-14-5-3-2-4-12(13)14/h2-5,7,9-11,17H,6,8H2,1H3/t11-/m1/s1. The number of para-hydroxylation sites is 1. The van der Waals surface area contributed by atoms with Crippen LogP contribution in [0.4, 0.5) is 0 Å². The Kier molecular flexibility index (Phi) is 4.18. The van der Waals surface area contributed by atoms with Gasteiger partial charge in [0.25, 0.3) is 0 Å². The van der Waals surface area contributed by atoms with Crippen LogP contribution in [0.3, 0.4) is 0 Å². The fraction of sp³-hybridized carbons (Fsp3) is 0.250. The SMILES string of the molecule is C[C@@H](OC(=O)CCn1ccnn1)C(=O)c1c[nH]c2ccccc12. The molecule has 23 heavy (non-hydrogen) atoms. The number of H-pyrrole nitrogens is 1. The van der Waals surface area contributed by atoms with E-state index in [1.807, 2.05) is 24.3 Å². The zero-order valence-corrected chi connectivity index (χ0v) is 12.6. The number of nitrogens with zero attached hydrogens (tertiary/aromatic N) is 3. The number of hydrogen-bond donors (Lipinski definition) is 1. The molecule has 0 amide bonds. The number of carbonyl (C=O) groups is 2. The highest BCUT2D eigenvalue weighted by Gasteiger charge is 2.22. The van der Waals surface area contributed by atoms with Gasteiger partial charge in [-0.25, -0.2) is 0 Å². The Morgan fingerprint density at radius 2 is 2.17 bits per heavy atom. The Bertz CT molecular complexity index is 823. The Morgan fingerprint density at radius 3 is 2.96 bits per heavy atom. The third-order valence-corrected chi connectivity index (χ3v) is 3.55. The van der Waals surface area contributed by atoms with Gasteiger partial charge in [-0.05, 0) is 13.0 Å². The van der Waals surface area contributed by atoms with E-state index < -0.39 is 12.1 Å². The van der Waals surface area contributed by atoms with Gasteiger partial charge >= 0.3 is 5.97 Å². The molecular weight excluding hydrogens is 296 g/mol. The van der Waals surface area contributed by atoms with Crippen molar-refractivity contribution in [2.75, 3.05) is 0 Å². The molecule has 0 spiro atoms. The quantitative estimate of drug-likeness (QED) is 0.555. The predicted octanol–water partition coefficient (Wildman–Crippen LogP) is 1.96. The Hall–Kier alpha value is -2.96. The van der Waals surface area contributed by atoms with Crippen LogP contribution in [-0.2, 0) is 16.1 Å². The topological polar surface area (TPSA) is 89.9 Å². The zero-order chi connectivity index (χ0) is 16.2. The number of benzene rings is 1. The van der Waals surface area contributed by atoms with Crippen LogP contribution >= 0.6 is 0 Å². The highest BCUT2D eigenvalue weighted by atomic mass is 16.5. The van der Waals surface area contributed by atoms with Gasteiger partial charge in [-0.3, -0.25) is 14.3 Å². The fourth-order valence-electron chi connectivity index (χ4n) is 2.36. The first-order valence-electron chi connectivity index (χ1n) is 7.29. The van der Waals surface area contributed by atoms with Crippen LogP contribution in [0.1, 0.15) is 23.7 Å². The number of ether oxygens (including phenoxy) is 1. The number of nitrogens with one attached hydrogen (secondary N) is 1. The second-order valence-corrected chi connectivity index (χ2v) is 5.16. The molecular formula is C16H16N4O3. The van der Waals surface area contributed by atoms with E-state index in [2.05, 4.69) is 15.3 Å². The fourth-order valence-corrected chi connectivity index (χ4v) is 2.36. The maximum atomic E-state index is 12.5. The van der Waals surface area contributed by atoms with Gasteiger partial charge < -0.3 is 9.72 Å². The Labute approximate surface area is 132 Å². The summed E-state index contributed by atoms with van der Waals surface area (Å²) in [5, 5.41) is 8.24. The lowest BCUT2D eigenvalue weighted by atomic mass is 10.1. The molecule has 7 heteroatoms. The van der Waals surface area contributed by atoms with E-state index in [9.17, 15) is 9.59 Å². The second-order valence-electron chi connectivity index (χ2n) is 5.16. The first-order chi connectivity index (χ1) is 11.1. The van der Waals surface area contributed by atoms with Crippen molar-refractivity contribution in [3.8, 4) is 0 Å². The van der Waals surface area contributed by atoms with Crippen molar-refractivity contribution >= 4 is 22.7 Å². The summed E-state index contributed by atoms with van der Waals surface area (Å²) in [6.45, 7) is 1.95. The van der Waals surface area contributed by atoms with Crippen LogP contribution < -0.4 is 0 Å². The smallest absolute Gasteiger partial charge is 0.308 e. The number of hydrogen-bond acceptors (Lipinski definition) is 5. The summed E-state index contributed by atoms with van der Waals surface area (Å²) < 4.78 is 6.75. The van der Waals surface area contributed by atoms with Gasteiger partial charge in [-0.15, -0.1) is 5.10 Å². The van der Waals surface area contributed by atoms with E-state index in [0.717, 1.165) is 10.9 Å².